The van der Waals surface area contributed by atoms with Crippen molar-refractivity contribution in [3.8, 4) is 12.0 Å². The van der Waals surface area contributed by atoms with E-state index in [1.807, 2.05) is 18.2 Å². The fraction of sp³-hybridized carbons (Fsp3) is 0.250. The van der Waals surface area contributed by atoms with Gasteiger partial charge in [-0.2, -0.15) is 0 Å². The lowest BCUT2D eigenvalue weighted by Gasteiger charge is -2.06. The molecule has 0 saturated carbocycles. The monoisotopic (exact) mass is 187 g/mol. The third kappa shape index (κ3) is 2.63. The van der Waals surface area contributed by atoms with Gasteiger partial charge in [0.05, 0.1) is 0 Å². The Bertz CT molecular complexity index is 363. The number of benzene rings is 1. The Morgan fingerprint density at radius 1 is 1.50 bits per heavy atom. The fourth-order valence-electron chi connectivity index (χ4n) is 1.19. The molecule has 0 bridgehead atoms. The number of rotatable bonds is 4. The molecule has 0 spiro atoms. The van der Waals surface area contributed by atoms with Gasteiger partial charge >= 0.3 is 0 Å². The largest absolute Gasteiger partial charge is 0.388 e. The molecule has 0 N–H and O–H groups in total. The zero-order valence-corrected chi connectivity index (χ0v) is 8.29. The van der Waals surface area contributed by atoms with Crippen molar-refractivity contribution < 1.29 is 4.74 Å². The fourth-order valence-corrected chi connectivity index (χ4v) is 1.19. The van der Waals surface area contributed by atoms with E-state index in [0.717, 1.165) is 24.0 Å². The molecular formula is C12H13NO. The molecule has 0 saturated heterocycles. The molecule has 0 aliphatic carbocycles. The van der Waals surface area contributed by atoms with E-state index in [2.05, 4.69) is 13.5 Å². The third-order valence-corrected chi connectivity index (χ3v) is 2.07. The molecule has 1 rings (SSSR count). The number of nitrogens with zero attached hydrogens (tertiary/aromatic N) is 1. The number of para-hydroxylation sites is 1. The first-order chi connectivity index (χ1) is 6.77. The number of nitriles is 1. The van der Waals surface area contributed by atoms with Crippen molar-refractivity contribution in [3.63, 3.8) is 0 Å². The molecular weight excluding hydrogens is 174 g/mol. The van der Waals surface area contributed by atoms with E-state index < -0.39 is 0 Å². The second-order valence-corrected chi connectivity index (χ2v) is 3.08. The molecule has 0 atom stereocenters. The first-order valence-electron chi connectivity index (χ1n) is 4.58. The van der Waals surface area contributed by atoms with Crippen molar-refractivity contribution >= 4 is 0 Å². The number of hydrogen-bond donors (Lipinski definition) is 0. The lowest BCUT2D eigenvalue weighted by molar-refractivity contribution is 0.501. The summed E-state index contributed by atoms with van der Waals surface area (Å²) in [6, 6.07) is 7.53. The first kappa shape index (κ1) is 10.3. The predicted octanol–water partition coefficient (Wildman–Crippen LogP) is 3.06. The summed E-state index contributed by atoms with van der Waals surface area (Å²) in [7, 11) is 0. The van der Waals surface area contributed by atoms with Crippen molar-refractivity contribution in [2.45, 2.75) is 19.8 Å². The molecule has 2 heteroatoms. The van der Waals surface area contributed by atoms with Crippen LogP contribution in [0.4, 0.5) is 0 Å². The Morgan fingerprint density at radius 3 is 2.86 bits per heavy atom. The lowest BCUT2D eigenvalue weighted by Crippen LogP contribution is -1.93. The lowest BCUT2D eigenvalue weighted by atomic mass is 10.0. The molecule has 0 fully saturated rings. The highest BCUT2D eigenvalue weighted by molar-refractivity contribution is 5.36. The van der Waals surface area contributed by atoms with Gasteiger partial charge in [-0.1, -0.05) is 37.3 Å². The van der Waals surface area contributed by atoms with E-state index in [9.17, 15) is 0 Å². The maximum atomic E-state index is 8.44. The second-order valence-electron chi connectivity index (χ2n) is 3.08. The minimum absolute atomic E-state index is 0.629. The van der Waals surface area contributed by atoms with Crippen LogP contribution in [0.5, 0.6) is 5.75 Å². The highest BCUT2D eigenvalue weighted by Gasteiger charge is 2.03. The van der Waals surface area contributed by atoms with Crippen molar-refractivity contribution in [2.75, 3.05) is 0 Å². The molecule has 14 heavy (non-hydrogen) atoms. The minimum Gasteiger partial charge on any atom is -0.388 e. The molecule has 0 unspecified atom stereocenters. The zero-order valence-electron chi connectivity index (χ0n) is 8.29. The maximum Gasteiger partial charge on any atom is 0.292 e. The highest BCUT2D eigenvalue weighted by atomic mass is 16.5. The van der Waals surface area contributed by atoms with Crippen LogP contribution in [0.15, 0.2) is 36.4 Å². The number of ether oxygens (including phenoxy) is 1. The normalized spacial score (nSPS) is 9.14. The Morgan fingerprint density at radius 2 is 2.21 bits per heavy atom. The van der Waals surface area contributed by atoms with Gasteiger partial charge < -0.3 is 4.74 Å². The van der Waals surface area contributed by atoms with E-state index >= 15 is 0 Å². The van der Waals surface area contributed by atoms with Crippen LogP contribution in [0.3, 0.4) is 0 Å². The Labute approximate surface area is 84.4 Å². The van der Waals surface area contributed by atoms with Gasteiger partial charge in [0.1, 0.15) is 5.75 Å². The van der Waals surface area contributed by atoms with E-state index in [4.69, 9.17) is 10.00 Å². The van der Waals surface area contributed by atoms with Crippen LogP contribution >= 0.6 is 0 Å². The van der Waals surface area contributed by atoms with E-state index in [0.29, 0.717) is 5.75 Å². The summed E-state index contributed by atoms with van der Waals surface area (Å²) < 4.78 is 4.85. The van der Waals surface area contributed by atoms with Crippen LogP contribution < -0.4 is 4.74 Å². The quantitative estimate of drug-likeness (QED) is 0.536. The van der Waals surface area contributed by atoms with Crippen molar-refractivity contribution in [1.82, 2.24) is 0 Å². The van der Waals surface area contributed by atoms with Crippen LogP contribution in [0.1, 0.15) is 18.9 Å². The van der Waals surface area contributed by atoms with Gasteiger partial charge in [0, 0.05) is 0 Å². The first-order valence-corrected chi connectivity index (χ1v) is 4.58. The number of hydrogen-bond acceptors (Lipinski definition) is 2. The van der Waals surface area contributed by atoms with Crippen LogP contribution in [0, 0.1) is 11.5 Å². The summed E-state index contributed by atoms with van der Waals surface area (Å²) >= 11 is 0. The Kier molecular flexibility index (Phi) is 3.75. The molecule has 0 heterocycles. The molecule has 0 amide bonds. The number of allylic oxidation sites excluding steroid dienone is 1. The molecule has 2 nitrogen and oxygen atoms in total. The summed E-state index contributed by atoms with van der Waals surface area (Å²) in [5.41, 5.74) is 2.15. The average molecular weight is 187 g/mol. The molecule has 1 aromatic rings. The van der Waals surface area contributed by atoms with Crippen LogP contribution in [-0.4, -0.2) is 0 Å². The summed E-state index contributed by atoms with van der Waals surface area (Å²) in [6.07, 6.45) is 3.40. The van der Waals surface area contributed by atoms with Crippen LogP contribution in [0.25, 0.3) is 0 Å². The maximum absolute atomic E-state index is 8.44. The smallest absolute Gasteiger partial charge is 0.292 e. The molecule has 72 valence electrons. The SMILES string of the molecule is C=C(CC)Cc1ccccc1OC#N. The van der Waals surface area contributed by atoms with Gasteiger partial charge in [-0.25, -0.2) is 0 Å². The predicted molar refractivity (Wildman–Crippen MR) is 55.8 cm³/mol. The summed E-state index contributed by atoms with van der Waals surface area (Å²) in [6.45, 7) is 6.00. The molecule has 0 radical (unpaired) electrons. The standard InChI is InChI=1S/C12H13NO/c1-3-10(2)8-11-6-4-5-7-12(11)14-9-13/h4-7H,2-3,8H2,1H3. The third-order valence-electron chi connectivity index (χ3n) is 2.07. The Hall–Kier alpha value is -1.75. The van der Waals surface area contributed by atoms with Gasteiger partial charge in [-0.3, -0.25) is 0 Å². The topological polar surface area (TPSA) is 33.0 Å². The van der Waals surface area contributed by atoms with Crippen LogP contribution in [0.2, 0.25) is 0 Å². The molecule has 0 aliphatic heterocycles. The van der Waals surface area contributed by atoms with Gasteiger partial charge in [0.15, 0.2) is 0 Å². The van der Waals surface area contributed by atoms with E-state index in [-0.39, 0.29) is 0 Å². The summed E-state index contributed by atoms with van der Waals surface area (Å²) in [5, 5.41) is 8.44. The van der Waals surface area contributed by atoms with Crippen molar-refractivity contribution in [2.24, 2.45) is 0 Å². The zero-order chi connectivity index (χ0) is 10.4. The Balaban J connectivity index is 2.85. The van der Waals surface area contributed by atoms with Crippen molar-refractivity contribution in [3.05, 3.63) is 42.0 Å². The second kappa shape index (κ2) is 5.08. The summed E-state index contributed by atoms with van der Waals surface area (Å²) in [5.74, 6) is 0.629. The van der Waals surface area contributed by atoms with Gasteiger partial charge in [-0.15, -0.1) is 5.26 Å². The average Bonchev–Trinajstić information content (AvgIpc) is 2.21. The van der Waals surface area contributed by atoms with Crippen LogP contribution in [-0.2, 0) is 6.42 Å². The van der Waals surface area contributed by atoms with E-state index in [1.165, 1.54) is 0 Å². The minimum atomic E-state index is 0.629. The summed E-state index contributed by atoms with van der Waals surface area (Å²) in [4.78, 5) is 0. The molecule has 0 aliphatic rings. The van der Waals surface area contributed by atoms with E-state index in [1.54, 1.807) is 12.3 Å². The highest BCUT2D eigenvalue weighted by Crippen LogP contribution is 2.21. The van der Waals surface area contributed by atoms with Gasteiger partial charge in [-0.05, 0) is 24.5 Å². The van der Waals surface area contributed by atoms with Crippen molar-refractivity contribution in [1.29, 1.82) is 5.26 Å². The van der Waals surface area contributed by atoms with Gasteiger partial charge in [0.25, 0.3) is 6.26 Å². The van der Waals surface area contributed by atoms with Gasteiger partial charge in [0.2, 0.25) is 0 Å². The molecule has 1 aromatic carbocycles. The molecule has 0 aromatic heterocycles.